The first-order valence-electron chi connectivity index (χ1n) is 9.71. The molecule has 1 amide bonds. The fourth-order valence-corrected chi connectivity index (χ4v) is 3.40. The number of fused-ring (bicyclic) bond motifs is 3. The maximum atomic E-state index is 12.7. The van der Waals surface area contributed by atoms with Crippen molar-refractivity contribution in [3.05, 3.63) is 89.0 Å². The molecule has 3 heterocycles. The van der Waals surface area contributed by atoms with E-state index in [-0.39, 0.29) is 23.6 Å². The Balaban J connectivity index is 1.24. The number of carbonyl (C=O) groups is 1. The summed E-state index contributed by atoms with van der Waals surface area (Å²) in [6.45, 7) is 0.855. The molecule has 5 aromatic rings. The molecule has 9 nitrogen and oxygen atoms in total. The lowest BCUT2D eigenvalue weighted by Gasteiger charge is -2.08. The van der Waals surface area contributed by atoms with E-state index in [2.05, 4.69) is 20.4 Å². The lowest BCUT2D eigenvalue weighted by Crippen LogP contribution is -2.32. The van der Waals surface area contributed by atoms with Gasteiger partial charge in [-0.05, 0) is 23.3 Å². The van der Waals surface area contributed by atoms with Crippen LogP contribution >= 0.6 is 0 Å². The van der Waals surface area contributed by atoms with E-state index in [1.54, 1.807) is 17.1 Å². The van der Waals surface area contributed by atoms with Gasteiger partial charge < -0.3 is 9.73 Å². The highest BCUT2D eigenvalue weighted by atomic mass is 16.3. The summed E-state index contributed by atoms with van der Waals surface area (Å²) in [5.74, 6) is -0.286. The van der Waals surface area contributed by atoms with E-state index in [0.29, 0.717) is 24.2 Å². The molecule has 154 valence electrons. The summed E-state index contributed by atoms with van der Waals surface area (Å²) in [4.78, 5) is 33.3. The molecular formula is C22H18N6O3. The maximum absolute atomic E-state index is 12.7. The molecule has 0 aliphatic rings. The van der Waals surface area contributed by atoms with E-state index >= 15 is 0 Å². The third-order valence-electron chi connectivity index (χ3n) is 4.99. The number of aromatic nitrogens is 5. The van der Waals surface area contributed by atoms with Crippen molar-refractivity contribution in [2.75, 3.05) is 0 Å². The van der Waals surface area contributed by atoms with Crippen LogP contribution in [0.1, 0.15) is 11.1 Å². The van der Waals surface area contributed by atoms with Gasteiger partial charge >= 0.3 is 0 Å². The summed E-state index contributed by atoms with van der Waals surface area (Å²) in [5, 5.41) is 7.69. The smallest absolute Gasteiger partial charge is 0.297 e. The Bertz CT molecular complexity index is 1420. The lowest BCUT2D eigenvalue weighted by molar-refractivity contribution is -0.121. The summed E-state index contributed by atoms with van der Waals surface area (Å²) in [6, 6.07) is 15.2. The first kappa shape index (κ1) is 18.7. The first-order chi connectivity index (χ1) is 15.2. The topological polar surface area (TPSA) is 108 Å². The van der Waals surface area contributed by atoms with Gasteiger partial charge in [-0.25, -0.2) is 14.6 Å². The van der Waals surface area contributed by atoms with Gasteiger partial charge in [0, 0.05) is 11.9 Å². The molecule has 31 heavy (non-hydrogen) atoms. The van der Waals surface area contributed by atoms with Gasteiger partial charge in [-0.1, -0.05) is 36.4 Å². The molecule has 0 aliphatic carbocycles. The molecule has 2 aromatic carbocycles. The summed E-state index contributed by atoms with van der Waals surface area (Å²) in [5.41, 5.74) is 2.90. The molecule has 0 spiro atoms. The molecule has 0 bridgehead atoms. The van der Waals surface area contributed by atoms with Crippen molar-refractivity contribution in [1.29, 1.82) is 0 Å². The van der Waals surface area contributed by atoms with Gasteiger partial charge in [-0.2, -0.15) is 5.10 Å². The minimum Gasteiger partial charge on any atom is -0.448 e. The van der Waals surface area contributed by atoms with Crippen molar-refractivity contribution in [3.8, 4) is 0 Å². The number of nitrogens with zero attached hydrogens (tertiary/aromatic N) is 5. The van der Waals surface area contributed by atoms with Gasteiger partial charge in [0.1, 0.15) is 30.3 Å². The Hall–Kier alpha value is -4.27. The minimum absolute atomic E-state index is 0.136. The van der Waals surface area contributed by atoms with Crippen LogP contribution in [-0.4, -0.2) is 30.2 Å². The number of benzene rings is 2. The van der Waals surface area contributed by atoms with E-state index in [9.17, 15) is 9.59 Å². The molecule has 0 saturated heterocycles. The van der Waals surface area contributed by atoms with Gasteiger partial charge in [-0.15, -0.1) is 0 Å². The molecule has 0 unspecified atom stereocenters. The second-order valence-electron chi connectivity index (χ2n) is 7.14. The predicted octanol–water partition coefficient (Wildman–Crippen LogP) is 2.10. The lowest BCUT2D eigenvalue weighted by atomic mass is 10.1. The van der Waals surface area contributed by atoms with Crippen LogP contribution in [0.25, 0.3) is 22.1 Å². The van der Waals surface area contributed by atoms with E-state index in [4.69, 9.17) is 4.42 Å². The third-order valence-corrected chi connectivity index (χ3v) is 4.99. The molecule has 0 atom stereocenters. The number of rotatable bonds is 6. The fourth-order valence-electron chi connectivity index (χ4n) is 3.40. The van der Waals surface area contributed by atoms with Crippen LogP contribution in [-0.2, 0) is 24.4 Å². The van der Waals surface area contributed by atoms with Crippen LogP contribution in [0.4, 0.5) is 0 Å². The van der Waals surface area contributed by atoms with Gasteiger partial charge in [0.25, 0.3) is 5.56 Å². The molecule has 0 fully saturated rings. The zero-order valence-electron chi connectivity index (χ0n) is 16.4. The first-order valence-corrected chi connectivity index (χ1v) is 9.71. The summed E-state index contributed by atoms with van der Waals surface area (Å²) < 4.78 is 8.63. The largest absolute Gasteiger partial charge is 0.448 e. The number of hydrogen-bond donors (Lipinski definition) is 1. The van der Waals surface area contributed by atoms with E-state index in [0.717, 1.165) is 16.5 Å². The average molecular weight is 414 g/mol. The van der Waals surface area contributed by atoms with Crippen LogP contribution in [0.15, 0.2) is 76.7 Å². The van der Waals surface area contributed by atoms with Crippen molar-refractivity contribution in [1.82, 2.24) is 29.6 Å². The molecular weight excluding hydrogens is 396 g/mol. The van der Waals surface area contributed by atoms with Crippen molar-refractivity contribution in [3.63, 3.8) is 0 Å². The van der Waals surface area contributed by atoms with Gasteiger partial charge in [0.15, 0.2) is 0 Å². The Morgan fingerprint density at radius 3 is 2.65 bits per heavy atom. The zero-order valence-corrected chi connectivity index (χ0v) is 16.4. The number of carbonyl (C=O) groups excluding carboxylic acids is 1. The fraction of sp³-hybridized carbons (Fsp3) is 0.136. The van der Waals surface area contributed by atoms with Crippen molar-refractivity contribution >= 4 is 28.0 Å². The van der Waals surface area contributed by atoms with Crippen LogP contribution < -0.4 is 10.9 Å². The normalized spacial score (nSPS) is 11.2. The van der Waals surface area contributed by atoms with Crippen LogP contribution in [0.5, 0.6) is 0 Å². The molecule has 9 heteroatoms. The van der Waals surface area contributed by atoms with Crippen molar-refractivity contribution in [2.45, 2.75) is 19.6 Å². The third kappa shape index (κ3) is 3.80. The number of para-hydroxylation sites is 1. The number of nitrogens with one attached hydrogen (secondary N) is 1. The van der Waals surface area contributed by atoms with Crippen LogP contribution in [0, 0.1) is 0 Å². The highest BCUT2D eigenvalue weighted by Crippen LogP contribution is 2.23. The SMILES string of the molecule is O=C(Cn1cnc2c(oc3ccccc32)c1=O)NCc1ccc(Cn2cncn2)cc1. The predicted molar refractivity (Wildman–Crippen MR) is 113 cm³/mol. The van der Waals surface area contributed by atoms with Crippen LogP contribution in [0.3, 0.4) is 0 Å². The average Bonchev–Trinajstić information content (AvgIpc) is 3.43. The summed E-state index contributed by atoms with van der Waals surface area (Å²) >= 11 is 0. The second-order valence-corrected chi connectivity index (χ2v) is 7.14. The Morgan fingerprint density at radius 1 is 1.03 bits per heavy atom. The zero-order chi connectivity index (χ0) is 21.2. The Kier molecular flexibility index (Phi) is 4.75. The Labute approximate surface area is 176 Å². The minimum atomic E-state index is -0.381. The highest BCUT2D eigenvalue weighted by Gasteiger charge is 2.14. The van der Waals surface area contributed by atoms with Gasteiger partial charge in [0.2, 0.25) is 11.5 Å². The molecule has 0 radical (unpaired) electrons. The number of furan rings is 1. The van der Waals surface area contributed by atoms with Gasteiger partial charge in [0.05, 0.1) is 12.9 Å². The number of hydrogen-bond acceptors (Lipinski definition) is 6. The Morgan fingerprint density at radius 2 is 1.84 bits per heavy atom. The van der Waals surface area contributed by atoms with Crippen LogP contribution in [0.2, 0.25) is 0 Å². The second kappa shape index (κ2) is 7.86. The molecule has 0 aliphatic heterocycles. The quantitative estimate of drug-likeness (QED) is 0.456. The summed E-state index contributed by atoms with van der Waals surface area (Å²) in [7, 11) is 0. The highest BCUT2D eigenvalue weighted by molar-refractivity contribution is 6.01. The number of amides is 1. The molecule has 3 aromatic heterocycles. The van der Waals surface area contributed by atoms with E-state index < -0.39 is 0 Å². The molecule has 1 N–H and O–H groups in total. The summed E-state index contributed by atoms with van der Waals surface area (Å²) in [6.07, 6.45) is 4.54. The maximum Gasteiger partial charge on any atom is 0.297 e. The molecule has 5 rings (SSSR count). The monoisotopic (exact) mass is 414 g/mol. The van der Waals surface area contributed by atoms with Crippen molar-refractivity contribution in [2.24, 2.45) is 0 Å². The molecule has 0 saturated carbocycles. The van der Waals surface area contributed by atoms with Gasteiger partial charge in [-0.3, -0.25) is 14.2 Å². The van der Waals surface area contributed by atoms with E-state index in [1.165, 1.54) is 17.2 Å². The van der Waals surface area contributed by atoms with E-state index in [1.807, 2.05) is 42.5 Å². The standard InChI is InChI=1S/C22H18N6O3/c29-19(24-9-15-5-7-16(8-6-15)10-28-13-23-12-26-28)11-27-14-25-20-17-3-1-2-4-18(17)31-21(20)22(27)30/h1-8,12-14H,9-11H2,(H,24,29). The van der Waals surface area contributed by atoms with Crippen molar-refractivity contribution < 1.29 is 9.21 Å².